The number of ether oxygens (including phenoxy) is 1. The zero-order valence-electron chi connectivity index (χ0n) is 10.6. The second-order valence-corrected chi connectivity index (χ2v) is 7.13. The quantitative estimate of drug-likeness (QED) is 0.705. The van der Waals surface area contributed by atoms with Crippen LogP contribution >= 0.6 is 0 Å². The Kier molecular flexibility index (Phi) is 2.34. The highest BCUT2D eigenvalue weighted by atomic mass is 16.5. The molecule has 3 heteroatoms. The number of nitrogens with zero attached hydrogens (tertiary/aromatic N) is 1. The van der Waals surface area contributed by atoms with E-state index >= 15 is 0 Å². The van der Waals surface area contributed by atoms with Crippen LogP contribution in [0, 0.1) is 23.2 Å². The molecule has 4 saturated carbocycles. The van der Waals surface area contributed by atoms with Gasteiger partial charge in [0, 0.05) is 13.1 Å². The Bertz CT molecular complexity index is 282. The molecule has 96 valence electrons. The molecule has 1 unspecified atom stereocenters. The molecule has 1 atom stereocenters. The predicted molar refractivity (Wildman–Crippen MR) is 66.1 cm³/mol. The first-order chi connectivity index (χ1) is 8.23. The lowest BCUT2D eigenvalue weighted by Crippen LogP contribution is -2.58. The van der Waals surface area contributed by atoms with Gasteiger partial charge >= 0.3 is 0 Å². The highest BCUT2D eigenvalue weighted by Crippen LogP contribution is 2.61. The summed E-state index contributed by atoms with van der Waals surface area (Å²) in [5.41, 5.74) is 0.507. The number of morpholine rings is 1. The summed E-state index contributed by atoms with van der Waals surface area (Å²) >= 11 is 0. The van der Waals surface area contributed by atoms with Crippen molar-refractivity contribution in [3.63, 3.8) is 0 Å². The SMILES string of the molecule is NN1CCOC(C23CC4CC(CC(C4)C2)C3)C1. The number of hydrogen-bond donors (Lipinski definition) is 1. The van der Waals surface area contributed by atoms with Gasteiger partial charge in [0.25, 0.3) is 0 Å². The molecule has 1 saturated heterocycles. The second-order valence-electron chi connectivity index (χ2n) is 7.13. The van der Waals surface area contributed by atoms with Crippen LogP contribution in [0.15, 0.2) is 0 Å². The minimum Gasteiger partial charge on any atom is -0.375 e. The third-order valence-electron chi connectivity index (χ3n) is 5.87. The van der Waals surface area contributed by atoms with Crippen LogP contribution in [0.3, 0.4) is 0 Å². The summed E-state index contributed by atoms with van der Waals surface area (Å²) in [5.74, 6) is 9.03. The van der Waals surface area contributed by atoms with Crippen molar-refractivity contribution in [3.05, 3.63) is 0 Å². The number of nitrogens with two attached hydrogens (primary N) is 1. The van der Waals surface area contributed by atoms with E-state index in [9.17, 15) is 0 Å². The van der Waals surface area contributed by atoms with Crippen molar-refractivity contribution in [3.8, 4) is 0 Å². The normalized spacial score (nSPS) is 54.2. The van der Waals surface area contributed by atoms with E-state index in [2.05, 4.69) is 0 Å². The molecule has 4 aliphatic carbocycles. The molecule has 5 rings (SSSR count). The fourth-order valence-corrected chi connectivity index (χ4v) is 5.61. The molecule has 1 aliphatic heterocycles. The van der Waals surface area contributed by atoms with E-state index in [4.69, 9.17) is 10.6 Å². The maximum absolute atomic E-state index is 6.11. The van der Waals surface area contributed by atoms with Crippen LogP contribution < -0.4 is 5.84 Å². The third-order valence-corrected chi connectivity index (χ3v) is 5.87. The topological polar surface area (TPSA) is 38.5 Å². The van der Waals surface area contributed by atoms with Gasteiger partial charge in [0.2, 0.25) is 0 Å². The highest BCUT2D eigenvalue weighted by molar-refractivity contribution is 5.05. The van der Waals surface area contributed by atoms with Crippen LogP contribution in [0.5, 0.6) is 0 Å². The second kappa shape index (κ2) is 3.69. The molecule has 0 amide bonds. The van der Waals surface area contributed by atoms with Gasteiger partial charge in [-0.05, 0) is 61.7 Å². The van der Waals surface area contributed by atoms with Gasteiger partial charge in [-0.25, -0.2) is 5.01 Å². The van der Waals surface area contributed by atoms with Gasteiger partial charge in [-0.3, -0.25) is 5.84 Å². The Balaban J connectivity index is 1.59. The van der Waals surface area contributed by atoms with Crippen molar-refractivity contribution in [2.75, 3.05) is 19.7 Å². The van der Waals surface area contributed by atoms with Crippen LogP contribution in [-0.4, -0.2) is 30.8 Å². The first kappa shape index (κ1) is 10.8. The summed E-state index contributed by atoms with van der Waals surface area (Å²) in [4.78, 5) is 0. The van der Waals surface area contributed by atoms with Crippen LogP contribution in [0.1, 0.15) is 38.5 Å². The summed E-state index contributed by atoms with van der Waals surface area (Å²) in [6, 6.07) is 0. The van der Waals surface area contributed by atoms with E-state index in [1.54, 1.807) is 0 Å². The predicted octanol–water partition coefficient (Wildman–Crippen LogP) is 1.78. The Morgan fingerprint density at radius 3 is 2.12 bits per heavy atom. The van der Waals surface area contributed by atoms with Gasteiger partial charge in [0.15, 0.2) is 0 Å². The van der Waals surface area contributed by atoms with E-state index in [-0.39, 0.29) is 0 Å². The summed E-state index contributed by atoms with van der Waals surface area (Å²) in [5, 5.41) is 1.98. The van der Waals surface area contributed by atoms with Gasteiger partial charge in [-0.1, -0.05) is 0 Å². The smallest absolute Gasteiger partial charge is 0.0772 e. The van der Waals surface area contributed by atoms with Crippen molar-refractivity contribution in [1.29, 1.82) is 0 Å². The van der Waals surface area contributed by atoms with E-state index < -0.39 is 0 Å². The van der Waals surface area contributed by atoms with Crippen LogP contribution in [0.25, 0.3) is 0 Å². The molecule has 1 heterocycles. The van der Waals surface area contributed by atoms with E-state index in [0.29, 0.717) is 11.5 Å². The Morgan fingerprint density at radius 2 is 1.59 bits per heavy atom. The first-order valence-electron chi connectivity index (χ1n) is 7.35. The minimum atomic E-state index is 0.426. The molecular weight excluding hydrogens is 212 g/mol. The molecule has 0 radical (unpaired) electrons. The van der Waals surface area contributed by atoms with Crippen LogP contribution in [-0.2, 0) is 4.74 Å². The fraction of sp³-hybridized carbons (Fsp3) is 1.00. The van der Waals surface area contributed by atoms with Crippen molar-refractivity contribution in [1.82, 2.24) is 5.01 Å². The van der Waals surface area contributed by atoms with Gasteiger partial charge in [-0.15, -0.1) is 0 Å². The number of rotatable bonds is 1. The van der Waals surface area contributed by atoms with Crippen molar-refractivity contribution >= 4 is 0 Å². The molecular formula is C14H24N2O. The molecule has 0 aromatic rings. The van der Waals surface area contributed by atoms with E-state index in [1.165, 1.54) is 38.5 Å². The zero-order chi connectivity index (χ0) is 11.5. The fourth-order valence-electron chi connectivity index (χ4n) is 5.61. The average molecular weight is 236 g/mol. The maximum atomic E-state index is 6.11. The van der Waals surface area contributed by atoms with Gasteiger partial charge in [-0.2, -0.15) is 0 Å². The van der Waals surface area contributed by atoms with Crippen molar-refractivity contribution in [2.45, 2.75) is 44.6 Å². The Morgan fingerprint density at radius 1 is 1.00 bits per heavy atom. The van der Waals surface area contributed by atoms with Crippen LogP contribution in [0.2, 0.25) is 0 Å². The largest absolute Gasteiger partial charge is 0.375 e. The lowest BCUT2D eigenvalue weighted by molar-refractivity contribution is -0.167. The molecule has 5 fully saturated rings. The number of hydrogen-bond acceptors (Lipinski definition) is 3. The Labute approximate surface area is 104 Å². The van der Waals surface area contributed by atoms with Crippen LogP contribution in [0.4, 0.5) is 0 Å². The molecule has 4 bridgehead atoms. The summed E-state index contributed by atoms with van der Waals surface area (Å²) < 4.78 is 6.11. The summed E-state index contributed by atoms with van der Waals surface area (Å²) in [6.45, 7) is 2.71. The van der Waals surface area contributed by atoms with Gasteiger partial charge in [0.1, 0.15) is 0 Å². The molecule has 0 aromatic heterocycles. The van der Waals surface area contributed by atoms with E-state index in [0.717, 1.165) is 37.5 Å². The molecule has 2 N–H and O–H groups in total. The summed E-state index contributed by atoms with van der Waals surface area (Å²) in [7, 11) is 0. The molecule has 0 aromatic carbocycles. The maximum Gasteiger partial charge on any atom is 0.0772 e. The highest BCUT2D eigenvalue weighted by Gasteiger charge is 2.55. The molecule has 3 nitrogen and oxygen atoms in total. The standard InChI is InChI=1S/C14H24N2O/c15-16-1-2-17-13(9-16)14-6-10-3-11(7-14)5-12(4-10)8-14/h10-13H,1-9,15H2. The Hall–Kier alpha value is -0.120. The molecule has 17 heavy (non-hydrogen) atoms. The molecule has 0 spiro atoms. The molecule has 5 aliphatic rings. The van der Waals surface area contributed by atoms with Gasteiger partial charge < -0.3 is 4.74 Å². The average Bonchev–Trinajstić information content (AvgIpc) is 2.27. The van der Waals surface area contributed by atoms with Crippen molar-refractivity contribution < 1.29 is 4.74 Å². The lowest BCUT2D eigenvalue weighted by Gasteiger charge is -2.60. The van der Waals surface area contributed by atoms with E-state index in [1.807, 2.05) is 5.01 Å². The van der Waals surface area contributed by atoms with Gasteiger partial charge in [0.05, 0.1) is 12.7 Å². The monoisotopic (exact) mass is 236 g/mol. The lowest BCUT2D eigenvalue weighted by atomic mass is 9.48. The minimum absolute atomic E-state index is 0.426. The third kappa shape index (κ3) is 1.66. The first-order valence-corrected chi connectivity index (χ1v) is 7.35. The number of hydrazine groups is 1. The zero-order valence-corrected chi connectivity index (χ0v) is 10.6. The van der Waals surface area contributed by atoms with Crippen molar-refractivity contribution in [2.24, 2.45) is 29.0 Å². The summed E-state index contributed by atoms with van der Waals surface area (Å²) in [6.07, 6.45) is 9.25.